The van der Waals surface area contributed by atoms with Gasteiger partial charge in [-0.2, -0.15) is 0 Å². The van der Waals surface area contributed by atoms with Gasteiger partial charge in [0.2, 0.25) is 0 Å². The number of fused-ring (bicyclic) bond motifs is 1. The fourth-order valence-electron chi connectivity index (χ4n) is 3.82. The zero-order valence-corrected chi connectivity index (χ0v) is 24.4. The Morgan fingerprint density at radius 2 is 1.35 bits per heavy atom. The largest absolute Gasteiger partial charge is 0.264 e. The summed E-state index contributed by atoms with van der Waals surface area (Å²) in [5.41, 5.74) is 1.54. The minimum Gasteiger partial charge on any atom is -0.263 e. The van der Waals surface area contributed by atoms with Gasteiger partial charge in [-0.05, 0) is 55.5 Å². The average molecular weight is 693 g/mol. The van der Waals surface area contributed by atoms with Crippen molar-refractivity contribution < 1.29 is 16.8 Å². The third kappa shape index (κ3) is 4.69. The Bertz CT molecular complexity index is 1400. The third-order valence-electron chi connectivity index (χ3n) is 5.58. The van der Waals surface area contributed by atoms with Crippen LogP contribution in [0.5, 0.6) is 0 Å². The normalized spacial score (nSPS) is 18.9. The molecule has 0 aliphatic carbocycles. The highest BCUT2D eigenvalue weighted by Crippen LogP contribution is 2.42. The lowest BCUT2D eigenvalue weighted by Gasteiger charge is -2.32. The molecule has 0 radical (unpaired) electrons. The number of para-hydroxylation sites is 2. The Balaban J connectivity index is 1.93. The first-order valence-electron chi connectivity index (χ1n) is 10.3. The molecule has 6 nitrogen and oxygen atoms in total. The van der Waals surface area contributed by atoms with Gasteiger partial charge in [-0.3, -0.25) is 8.61 Å². The van der Waals surface area contributed by atoms with Crippen LogP contribution in [0.15, 0.2) is 87.1 Å². The van der Waals surface area contributed by atoms with Crippen LogP contribution < -0.4 is 8.61 Å². The predicted molar refractivity (Wildman–Crippen MR) is 146 cm³/mol. The Morgan fingerprint density at radius 1 is 0.824 bits per heavy atom. The lowest BCUT2D eigenvalue weighted by Crippen LogP contribution is -2.47. The highest BCUT2D eigenvalue weighted by atomic mass is 79.9. The minimum absolute atomic E-state index is 0.0472. The summed E-state index contributed by atoms with van der Waals surface area (Å²) < 4.78 is 58.6. The molecule has 0 bridgehead atoms. The van der Waals surface area contributed by atoms with Crippen LogP contribution in [0.4, 0.5) is 11.4 Å². The molecule has 3 aromatic carbocycles. The van der Waals surface area contributed by atoms with E-state index in [1.54, 1.807) is 60.7 Å². The van der Waals surface area contributed by atoms with E-state index in [1.165, 1.54) is 20.7 Å². The van der Waals surface area contributed by atoms with Crippen molar-refractivity contribution in [2.24, 2.45) is 0 Å². The number of aryl methyl sites for hydroxylation is 1. The highest BCUT2D eigenvalue weighted by molar-refractivity contribution is 9.10. The molecular formula is C23H21Br3N2O4S2. The van der Waals surface area contributed by atoms with E-state index in [2.05, 4.69) is 47.8 Å². The van der Waals surface area contributed by atoms with E-state index in [0.29, 0.717) is 16.7 Å². The second-order valence-corrected chi connectivity index (χ2v) is 14.2. The molecule has 0 saturated carbocycles. The minimum atomic E-state index is -4.00. The molecule has 0 N–H and O–H groups in total. The molecule has 0 spiro atoms. The predicted octanol–water partition coefficient (Wildman–Crippen LogP) is 5.69. The van der Waals surface area contributed by atoms with Gasteiger partial charge in [-0.15, -0.1) is 0 Å². The van der Waals surface area contributed by atoms with E-state index in [1.807, 2.05) is 6.92 Å². The van der Waals surface area contributed by atoms with Crippen LogP contribution in [0.2, 0.25) is 0 Å². The topological polar surface area (TPSA) is 74.8 Å². The molecule has 4 rings (SSSR count). The Labute approximate surface area is 225 Å². The molecule has 34 heavy (non-hydrogen) atoms. The fourth-order valence-corrected chi connectivity index (χ4v) is 9.78. The maximum absolute atomic E-state index is 13.9. The molecule has 1 heterocycles. The van der Waals surface area contributed by atoms with Crippen LogP contribution in [0, 0.1) is 6.92 Å². The Morgan fingerprint density at radius 3 is 1.94 bits per heavy atom. The summed E-state index contributed by atoms with van der Waals surface area (Å²) in [7, 11) is -7.98. The molecule has 0 amide bonds. The molecule has 0 aromatic heterocycles. The smallest absolute Gasteiger partial charge is 0.263 e. The monoisotopic (exact) mass is 690 g/mol. The number of alkyl halides is 2. The number of hydrogen-bond donors (Lipinski definition) is 0. The summed E-state index contributed by atoms with van der Waals surface area (Å²) in [4.78, 5) is -0.233. The molecule has 180 valence electrons. The quantitative estimate of drug-likeness (QED) is 0.322. The second-order valence-electron chi connectivity index (χ2n) is 7.83. The third-order valence-corrected chi connectivity index (χ3v) is 11.3. The molecule has 0 unspecified atom stereocenters. The van der Waals surface area contributed by atoms with Gasteiger partial charge in [-0.1, -0.05) is 77.6 Å². The van der Waals surface area contributed by atoms with Crippen LogP contribution >= 0.6 is 47.8 Å². The lowest BCUT2D eigenvalue weighted by molar-refractivity contribution is 0.579. The zero-order valence-electron chi connectivity index (χ0n) is 18.0. The standard InChI is InChI=1S/C23H21Br3N2O4S2/c1-16-6-10-19(11-7-16)34(31,32)28-22-5-3-2-4-21(22)27(15-20(26)23(28)14-24)33(29,30)18-12-8-17(25)9-13-18/h2-13,20,23H,14-15H2,1H3/t20-,23-/m1/s1. The van der Waals surface area contributed by atoms with Gasteiger partial charge in [0, 0.05) is 16.3 Å². The van der Waals surface area contributed by atoms with Crippen molar-refractivity contribution in [1.82, 2.24) is 0 Å². The molecule has 0 saturated heterocycles. The maximum atomic E-state index is 13.9. The highest BCUT2D eigenvalue weighted by Gasteiger charge is 2.43. The van der Waals surface area contributed by atoms with Crippen LogP contribution in [-0.4, -0.2) is 39.6 Å². The number of anilines is 2. The maximum Gasteiger partial charge on any atom is 0.264 e. The van der Waals surface area contributed by atoms with E-state index < -0.39 is 30.9 Å². The van der Waals surface area contributed by atoms with Crippen molar-refractivity contribution in [3.8, 4) is 0 Å². The molecule has 0 fully saturated rings. The molecule has 11 heteroatoms. The SMILES string of the molecule is Cc1ccc(S(=O)(=O)N2c3ccccc3N(S(=O)(=O)c3ccc(Br)cc3)C[C@@H](Br)[C@H]2CBr)cc1. The molecular weight excluding hydrogens is 672 g/mol. The summed E-state index contributed by atoms with van der Waals surface area (Å²) in [6.45, 7) is 1.93. The first-order chi connectivity index (χ1) is 16.1. The first kappa shape index (κ1) is 25.7. The zero-order chi connectivity index (χ0) is 24.7. The first-order valence-corrected chi connectivity index (χ1v) is 16.0. The number of rotatable bonds is 5. The summed E-state index contributed by atoms with van der Waals surface area (Å²) in [6, 6.07) is 19.1. The van der Waals surface area contributed by atoms with Crippen LogP contribution in [-0.2, 0) is 20.0 Å². The van der Waals surface area contributed by atoms with E-state index in [9.17, 15) is 16.8 Å². The summed E-state index contributed by atoms with van der Waals surface area (Å²) >= 11 is 10.4. The van der Waals surface area contributed by atoms with Crippen molar-refractivity contribution in [3.63, 3.8) is 0 Å². The number of halogens is 3. The average Bonchev–Trinajstić information content (AvgIpc) is 2.94. The van der Waals surface area contributed by atoms with E-state index in [-0.39, 0.29) is 16.3 Å². The van der Waals surface area contributed by atoms with Gasteiger partial charge in [-0.25, -0.2) is 16.8 Å². The van der Waals surface area contributed by atoms with Crippen LogP contribution in [0.1, 0.15) is 5.56 Å². The molecule has 1 aliphatic rings. The number of benzene rings is 3. The van der Waals surface area contributed by atoms with Gasteiger partial charge in [0.15, 0.2) is 0 Å². The Hall–Kier alpha value is -1.40. The van der Waals surface area contributed by atoms with Gasteiger partial charge in [0.05, 0.1) is 32.0 Å². The van der Waals surface area contributed by atoms with Gasteiger partial charge < -0.3 is 0 Å². The van der Waals surface area contributed by atoms with Gasteiger partial charge >= 0.3 is 0 Å². The van der Waals surface area contributed by atoms with Gasteiger partial charge in [0.25, 0.3) is 20.0 Å². The number of nitrogens with zero attached hydrogens (tertiary/aromatic N) is 2. The fraction of sp³-hybridized carbons (Fsp3) is 0.217. The lowest BCUT2D eigenvalue weighted by atomic mass is 10.2. The summed E-state index contributed by atoms with van der Waals surface area (Å²) in [5, 5.41) is 0.300. The molecule has 2 atom stereocenters. The van der Waals surface area contributed by atoms with Crippen LogP contribution in [0.3, 0.4) is 0 Å². The van der Waals surface area contributed by atoms with E-state index >= 15 is 0 Å². The van der Waals surface area contributed by atoms with Crippen molar-refractivity contribution in [3.05, 3.63) is 82.8 Å². The van der Waals surface area contributed by atoms with Crippen molar-refractivity contribution in [2.45, 2.75) is 27.6 Å². The summed E-state index contributed by atoms with van der Waals surface area (Å²) in [5.74, 6) is 0. The van der Waals surface area contributed by atoms with Crippen molar-refractivity contribution >= 4 is 79.2 Å². The van der Waals surface area contributed by atoms with Crippen molar-refractivity contribution in [1.29, 1.82) is 0 Å². The van der Waals surface area contributed by atoms with Crippen LogP contribution in [0.25, 0.3) is 0 Å². The number of sulfonamides is 2. The van der Waals surface area contributed by atoms with E-state index in [4.69, 9.17) is 0 Å². The van der Waals surface area contributed by atoms with Crippen molar-refractivity contribution in [2.75, 3.05) is 20.5 Å². The molecule has 1 aliphatic heterocycles. The van der Waals surface area contributed by atoms with E-state index in [0.717, 1.165) is 10.0 Å². The number of hydrogen-bond acceptors (Lipinski definition) is 4. The second kappa shape index (κ2) is 9.93. The summed E-state index contributed by atoms with van der Waals surface area (Å²) in [6.07, 6.45) is 0. The Kier molecular flexibility index (Phi) is 7.50. The van der Waals surface area contributed by atoms with Gasteiger partial charge in [0.1, 0.15) is 0 Å². The molecule has 3 aromatic rings.